The van der Waals surface area contributed by atoms with E-state index < -0.39 is 0 Å². The van der Waals surface area contributed by atoms with E-state index in [4.69, 9.17) is 25.5 Å². The number of benzene rings is 2. The van der Waals surface area contributed by atoms with Gasteiger partial charge in [-0.25, -0.2) is 0 Å². The first-order valence-corrected chi connectivity index (χ1v) is 10.7. The van der Waals surface area contributed by atoms with E-state index in [2.05, 4.69) is 10.1 Å². The number of hydrogen-bond acceptors (Lipinski definition) is 7. The molecule has 2 aromatic carbocycles. The van der Waals surface area contributed by atoms with Crippen LogP contribution in [0.5, 0.6) is 11.5 Å². The third-order valence-corrected chi connectivity index (χ3v) is 6.03. The minimum absolute atomic E-state index is 0.259. The van der Waals surface area contributed by atoms with Gasteiger partial charge in [0.05, 0.1) is 14.2 Å². The third kappa shape index (κ3) is 3.63. The van der Waals surface area contributed by atoms with Crippen LogP contribution in [-0.2, 0) is 0 Å². The second-order valence-corrected chi connectivity index (χ2v) is 8.27. The Balaban J connectivity index is 1.50. The average Bonchev–Trinajstić information content (AvgIpc) is 3.51. The molecule has 3 heterocycles. The van der Waals surface area contributed by atoms with Crippen LogP contribution in [0.3, 0.4) is 0 Å². The molecule has 5 rings (SSSR count). The maximum atomic E-state index is 12.9. The number of fused-ring (bicyclic) bond motifs is 1. The quantitative estimate of drug-likeness (QED) is 0.385. The number of thiazole rings is 1. The van der Waals surface area contributed by atoms with Crippen molar-refractivity contribution in [3.05, 3.63) is 80.3 Å². The number of furan rings is 1. The molecule has 0 radical (unpaired) electrons. The molecule has 5 aromatic rings. The smallest absolute Gasteiger partial charge is 0.291 e. The van der Waals surface area contributed by atoms with E-state index in [1.807, 2.05) is 30.3 Å². The molecule has 0 atom stereocenters. The highest BCUT2D eigenvalue weighted by Crippen LogP contribution is 2.31. The van der Waals surface area contributed by atoms with Crippen molar-refractivity contribution in [3.63, 3.8) is 0 Å². The van der Waals surface area contributed by atoms with E-state index in [9.17, 15) is 4.79 Å². The summed E-state index contributed by atoms with van der Waals surface area (Å²) in [5, 5.41) is 5.01. The van der Waals surface area contributed by atoms with Gasteiger partial charge in [-0.05, 0) is 42.5 Å². The van der Waals surface area contributed by atoms with Crippen LogP contribution in [0, 0.1) is 0 Å². The molecule has 0 amide bonds. The fraction of sp³-hybridized carbons (Fsp3) is 0.0870. The van der Waals surface area contributed by atoms with Crippen molar-refractivity contribution < 1.29 is 13.9 Å². The molecule has 0 unspecified atom stereocenters. The van der Waals surface area contributed by atoms with Crippen LogP contribution in [0.4, 0.5) is 0 Å². The van der Waals surface area contributed by atoms with Crippen LogP contribution < -0.4 is 19.6 Å². The highest BCUT2D eigenvalue weighted by molar-refractivity contribution is 7.15. The number of hydrogen-bond donors (Lipinski definition) is 0. The lowest BCUT2D eigenvalue weighted by atomic mass is 10.2. The van der Waals surface area contributed by atoms with E-state index in [0.717, 1.165) is 11.1 Å². The molecule has 0 bridgehead atoms. The Morgan fingerprint density at radius 1 is 1.03 bits per heavy atom. The van der Waals surface area contributed by atoms with Gasteiger partial charge >= 0.3 is 0 Å². The van der Waals surface area contributed by atoms with Crippen molar-refractivity contribution in [2.24, 2.45) is 0 Å². The van der Waals surface area contributed by atoms with Gasteiger partial charge in [-0.1, -0.05) is 35.1 Å². The Morgan fingerprint density at radius 2 is 1.88 bits per heavy atom. The molecule has 0 N–H and O–H groups in total. The summed E-state index contributed by atoms with van der Waals surface area (Å²) in [5.41, 5.74) is 1.33. The summed E-state index contributed by atoms with van der Waals surface area (Å²) in [6, 6.07) is 16.4. The van der Waals surface area contributed by atoms with Crippen molar-refractivity contribution >= 4 is 34.0 Å². The Kier molecular flexibility index (Phi) is 5.16. The van der Waals surface area contributed by atoms with Crippen LogP contribution >= 0.6 is 22.9 Å². The van der Waals surface area contributed by atoms with Gasteiger partial charge in [0.25, 0.3) is 5.56 Å². The lowest BCUT2D eigenvalue weighted by molar-refractivity contribution is 0.355. The highest BCUT2D eigenvalue weighted by Gasteiger charge is 2.14. The number of halogens is 1. The van der Waals surface area contributed by atoms with Gasteiger partial charge in [-0.3, -0.25) is 4.79 Å². The molecule has 0 fully saturated rings. The minimum atomic E-state index is -0.259. The van der Waals surface area contributed by atoms with Crippen molar-refractivity contribution in [2.75, 3.05) is 14.2 Å². The molecule has 0 aliphatic heterocycles. The SMILES string of the molecule is COc1ccc(-c2nc3sc(=Cc4ccc(-c5cccc(Cl)c5)o4)c(=O)n3n2)cc1OC. The van der Waals surface area contributed by atoms with Crippen LogP contribution in [0.1, 0.15) is 5.76 Å². The van der Waals surface area contributed by atoms with E-state index in [1.165, 1.54) is 15.9 Å². The molecule has 160 valence electrons. The number of aromatic nitrogens is 3. The number of methoxy groups -OCH3 is 2. The van der Waals surface area contributed by atoms with Gasteiger partial charge in [0.2, 0.25) is 4.96 Å². The van der Waals surface area contributed by atoms with Gasteiger partial charge in [0.1, 0.15) is 16.1 Å². The number of rotatable bonds is 5. The molecule has 0 spiro atoms. The summed E-state index contributed by atoms with van der Waals surface area (Å²) in [5.74, 6) is 2.83. The predicted octanol–water partition coefficient (Wildman–Crippen LogP) is 4.30. The molecule has 7 nitrogen and oxygen atoms in total. The highest BCUT2D eigenvalue weighted by atomic mass is 35.5. The molecule has 0 saturated carbocycles. The second-order valence-electron chi connectivity index (χ2n) is 6.83. The first-order valence-electron chi connectivity index (χ1n) is 9.55. The largest absolute Gasteiger partial charge is 0.493 e. The van der Waals surface area contributed by atoms with Crippen LogP contribution in [0.15, 0.2) is 63.8 Å². The van der Waals surface area contributed by atoms with Gasteiger partial charge in [0, 0.05) is 22.2 Å². The summed E-state index contributed by atoms with van der Waals surface area (Å²) < 4.78 is 18.2. The van der Waals surface area contributed by atoms with Crippen molar-refractivity contribution in [3.8, 4) is 34.2 Å². The lowest BCUT2D eigenvalue weighted by Crippen LogP contribution is -2.23. The first-order chi connectivity index (χ1) is 15.6. The summed E-state index contributed by atoms with van der Waals surface area (Å²) in [6.45, 7) is 0. The Bertz CT molecular complexity index is 1550. The zero-order valence-corrected chi connectivity index (χ0v) is 18.6. The Morgan fingerprint density at radius 3 is 2.62 bits per heavy atom. The monoisotopic (exact) mass is 465 g/mol. The first kappa shape index (κ1) is 20.3. The Labute approximate surface area is 191 Å². The fourth-order valence-corrected chi connectivity index (χ4v) is 4.37. The standard InChI is InChI=1S/C23H16ClN3O4S/c1-29-18-8-6-14(11-19(18)30-2)21-25-23-27(26-21)22(28)20(32-23)12-16-7-9-17(31-16)13-4-3-5-15(24)10-13/h3-12H,1-2H3. The van der Waals surface area contributed by atoms with Crippen LogP contribution in [0.2, 0.25) is 5.02 Å². The van der Waals surface area contributed by atoms with Gasteiger partial charge in [-0.2, -0.15) is 9.50 Å². The maximum absolute atomic E-state index is 12.9. The van der Waals surface area contributed by atoms with E-state index in [1.54, 1.807) is 44.6 Å². The maximum Gasteiger partial charge on any atom is 0.291 e. The molecule has 3 aromatic heterocycles. The van der Waals surface area contributed by atoms with E-state index in [0.29, 0.717) is 43.4 Å². The fourth-order valence-electron chi connectivity index (χ4n) is 3.29. The van der Waals surface area contributed by atoms with Gasteiger partial charge in [-0.15, -0.1) is 5.10 Å². The normalized spacial score (nSPS) is 11.9. The summed E-state index contributed by atoms with van der Waals surface area (Å²) in [7, 11) is 3.13. The van der Waals surface area contributed by atoms with Crippen molar-refractivity contribution in [2.45, 2.75) is 0 Å². The van der Waals surface area contributed by atoms with E-state index in [-0.39, 0.29) is 5.56 Å². The van der Waals surface area contributed by atoms with Gasteiger partial charge < -0.3 is 13.9 Å². The molecule has 0 aliphatic rings. The van der Waals surface area contributed by atoms with Crippen LogP contribution in [0.25, 0.3) is 33.7 Å². The van der Waals surface area contributed by atoms with Crippen molar-refractivity contribution in [1.82, 2.24) is 14.6 Å². The second kappa shape index (κ2) is 8.14. The summed E-state index contributed by atoms with van der Waals surface area (Å²) in [4.78, 5) is 17.9. The topological polar surface area (TPSA) is 78.9 Å². The summed E-state index contributed by atoms with van der Waals surface area (Å²) >= 11 is 7.30. The molecular weight excluding hydrogens is 450 g/mol. The number of nitrogens with zero attached hydrogens (tertiary/aromatic N) is 3. The third-order valence-electron chi connectivity index (χ3n) is 4.83. The molecular formula is C23H16ClN3O4S. The molecule has 32 heavy (non-hydrogen) atoms. The molecule has 0 saturated heterocycles. The van der Waals surface area contributed by atoms with Gasteiger partial charge in [0.15, 0.2) is 17.3 Å². The van der Waals surface area contributed by atoms with Crippen LogP contribution in [-0.4, -0.2) is 28.8 Å². The van der Waals surface area contributed by atoms with E-state index >= 15 is 0 Å². The zero-order valence-electron chi connectivity index (χ0n) is 17.0. The number of ether oxygens (including phenoxy) is 2. The lowest BCUT2D eigenvalue weighted by Gasteiger charge is -2.07. The minimum Gasteiger partial charge on any atom is -0.493 e. The van der Waals surface area contributed by atoms with Crippen molar-refractivity contribution in [1.29, 1.82) is 0 Å². The average molecular weight is 466 g/mol. The Hall–Kier alpha value is -3.62. The molecule has 0 aliphatic carbocycles. The molecule has 9 heteroatoms. The summed E-state index contributed by atoms with van der Waals surface area (Å²) in [6.07, 6.45) is 1.69. The predicted molar refractivity (Wildman–Crippen MR) is 124 cm³/mol. The zero-order chi connectivity index (χ0) is 22.2.